The summed E-state index contributed by atoms with van der Waals surface area (Å²) in [5, 5.41) is 2.09. The van der Waals surface area contributed by atoms with E-state index >= 15 is 0 Å². The van der Waals surface area contributed by atoms with Gasteiger partial charge in [-0.2, -0.15) is 5.06 Å². The van der Waals surface area contributed by atoms with Crippen molar-refractivity contribution in [1.82, 2.24) is 5.06 Å². The molecule has 2 nitrogen and oxygen atoms in total. The van der Waals surface area contributed by atoms with Crippen molar-refractivity contribution in [3.63, 3.8) is 0 Å². The average molecular weight is 178 g/mol. The van der Waals surface area contributed by atoms with E-state index < -0.39 is 0 Å². The number of hydrogen-bond acceptors (Lipinski definition) is 2. The predicted octanol–water partition coefficient (Wildman–Crippen LogP) is 1.70. The Hall–Kier alpha value is 0.210. The number of hydroxylamine groups is 2. The summed E-state index contributed by atoms with van der Waals surface area (Å²) in [5.74, 6) is 2.01. The molecule has 0 unspecified atom stereocenters. The van der Waals surface area contributed by atoms with Crippen molar-refractivity contribution >= 4 is 12.4 Å². The van der Waals surface area contributed by atoms with Crippen LogP contribution in [0.25, 0.3) is 0 Å². The molecule has 66 valence electrons. The van der Waals surface area contributed by atoms with E-state index in [1.165, 1.54) is 25.8 Å². The van der Waals surface area contributed by atoms with Gasteiger partial charge in [0.05, 0.1) is 7.11 Å². The van der Waals surface area contributed by atoms with Crippen LogP contribution in [-0.4, -0.2) is 25.3 Å². The summed E-state index contributed by atoms with van der Waals surface area (Å²) in [4.78, 5) is 5.15. The first-order valence-corrected chi connectivity index (χ1v) is 4.19. The molecule has 2 fully saturated rings. The molecule has 1 saturated carbocycles. The van der Waals surface area contributed by atoms with Crippen molar-refractivity contribution in [1.29, 1.82) is 0 Å². The molecule has 3 heteroatoms. The fraction of sp³-hybridized carbons (Fsp3) is 1.00. The van der Waals surface area contributed by atoms with E-state index in [1.54, 1.807) is 7.11 Å². The zero-order valence-corrected chi connectivity index (χ0v) is 7.77. The van der Waals surface area contributed by atoms with E-state index in [0.717, 1.165) is 18.4 Å². The first-order valence-electron chi connectivity index (χ1n) is 4.19. The molecule has 0 aromatic carbocycles. The van der Waals surface area contributed by atoms with Gasteiger partial charge in [0.25, 0.3) is 0 Å². The number of hydrogen-bond donors (Lipinski definition) is 0. The van der Waals surface area contributed by atoms with Crippen LogP contribution in [-0.2, 0) is 4.84 Å². The van der Waals surface area contributed by atoms with Crippen LogP contribution in [0.5, 0.6) is 0 Å². The molecule has 0 bridgehead atoms. The van der Waals surface area contributed by atoms with Gasteiger partial charge in [0.1, 0.15) is 0 Å². The van der Waals surface area contributed by atoms with Crippen LogP contribution in [0.1, 0.15) is 19.3 Å². The molecule has 2 rings (SSSR count). The number of halogens is 1. The maximum absolute atomic E-state index is 5.15. The number of rotatable bonds is 2. The second-order valence-corrected chi connectivity index (χ2v) is 3.46. The van der Waals surface area contributed by atoms with Crippen LogP contribution >= 0.6 is 12.4 Å². The van der Waals surface area contributed by atoms with Crippen LogP contribution in [0.15, 0.2) is 0 Å². The molecule has 11 heavy (non-hydrogen) atoms. The first kappa shape index (κ1) is 9.30. The van der Waals surface area contributed by atoms with Gasteiger partial charge >= 0.3 is 0 Å². The fourth-order valence-corrected chi connectivity index (χ4v) is 1.87. The first-order chi connectivity index (χ1) is 4.90. The minimum Gasteiger partial charge on any atom is -0.302 e. The molecule has 2 aliphatic rings. The molecule has 1 heterocycles. The third-order valence-corrected chi connectivity index (χ3v) is 2.73. The third-order valence-electron chi connectivity index (χ3n) is 2.73. The Balaban J connectivity index is 0.000000605. The largest absolute Gasteiger partial charge is 0.302 e. The Morgan fingerprint density at radius 3 is 2.36 bits per heavy atom. The van der Waals surface area contributed by atoms with Crippen LogP contribution in [0.3, 0.4) is 0 Å². The Kier molecular flexibility index (Phi) is 3.16. The minimum absolute atomic E-state index is 0. The smallest absolute Gasteiger partial charge is 0.0575 e. The van der Waals surface area contributed by atoms with Crippen LogP contribution in [0, 0.1) is 11.8 Å². The van der Waals surface area contributed by atoms with Gasteiger partial charge in [0, 0.05) is 13.1 Å². The van der Waals surface area contributed by atoms with Crippen molar-refractivity contribution in [3.05, 3.63) is 0 Å². The normalized spacial score (nSPS) is 31.9. The summed E-state index contributed by atoms with van der Waals surface area (Å²) < 4.78 is 0. The topological polar surface area (TPSA) is 12.5 Å². The molecule has 1 saturated heterocycles. The van der Waals surface area contributed by atoms with E-state index in [1.807, 2.05) is 0 Å². The Morgan fingerprint density at radius 2 is 1.91 bits per heavy atom. The lowest BCUT2D eigenvalue weighted by Gasteiger charge is -2.11. The zero-order chi connectivity index (χ0) is 6.97. The highest BCUT2D eigenvalue weighted by atomic mass is 35.5. The Labute approximate surface area is 74.3 Å². The van der Waals surface area contributed by atoms with Crippen LogP contribution in [0.4, 0.5) is 0 Å². The monoisotopic (exact) mass is 177 g/mol. The molecule has 0 amide bonds. The van der Waals surface area contributed by atoms with Gasteiger partial charge in [-0.3, -0.25) is 0 Å². The van der Waals surface area contributed by atoms with E-state index in [-0.39, 0.29) is 12.4 Å². The second kappa shape index (κ2) is 3.74. The van der Waals surface area contributed by atoms with Gasteiger partial charge in [-0.25, -0.2) is 0 Å². The highest BCUT2D eigenvalue weighted by molar-refractivity contribution is 5.85. The summed E-state index contributed by atoms with van der Waals surface area (Å²) in [7, 11) is 1.77. The standard InChI is InChI=1S/C8H15NO.ClH/c1-10-9-5-4-8(6-9)7-2-3-7;/h7-8H,2-6H2,1H3;1H/t8-;/m1./s1. The lowest BCUT2D eigenvalue weighted by Crippen LogP contribution is -2.19. The summed E-state index contributed by atoms with van der Waals surface area (Å²) in [5.41, 5.74) is 0. The summed E-state index contributed by atoms with van der Waals surface area (Å²) >= 11 is 0. The molecular formula is C8H16ClNO. The van der Waals surface area contributed by atoms with Gasteiger partial charge in [0.2, 0.25) is 0 Å². The Morgan fingerprint density at radius 1 is 1.18 bits per heavy atom. The summed E-state index contributed by atoms with van der Waals surface area (Å²) in [6, 6.07) is 0. The van der Waals surface area contributed by atoms with Gasteiger partial charge in [-0.1, -0.05) is 0 Å². The molecule has 0 radical (unpaired) electrons. The van der Waals surface area contributed by atoms with Crippen molar-refractivity contribution in [3.8, 4) is 0 Å². The molecule has 1 atom stereocenters. The summed E-state index contributed by atoms with van der Waals surface area (Å²) in [6.07, 6.45) is 4.31. The van der Waals surface area contributed by atoms with Gasteiger partial charge in [0.15, 0.2) is 0 Å². The molecule has 0 aromatic heterocycles. The third kappa shape index (κ3) is 2.08. The van der Waals surface area contributed by atoms with Gasteiger partial charge in [-0.05, 0) is 31.1 Å². The average Bonchev–Trinajstić information content (AvgIpc) is 2.70. The highest BCUT2D eigenvalue weighted by Gasteiger charge is 2.35. The zero-order valence-electron chi connectivity index (χ0n) is 6.95. The van der Waals surface area contributed by atoms with Gasteiger partial charge in [-0.15, -0.1) is 12.4 Å². The molecule has 0 N–H and O–H groups in total. The minimum atomic E-state index is 0. The predicted molar refractivity (Wildman–Crippen MR) is 46.7 cm³/mol. The Bertz CT molecular complexity index is 127. The quantitative estimate of drug-likeness (QED) is 0.637. The molecular weight excluding hydrogens is 162 g/mol. The van der Waals surface area contributed by atoms with Crippen molar-refractivity contribution in [2.75, 3.05) is 20.2 Å². The van der Waals surface area contributed by atoms with E-state index in [0.29, 0.717) is 0 Å². The lowest BCUT2D eigenvalue weighted by atomic mass is 10.0. The van der Waals surface area contributed by atoms with E-state index in [2.05, 4.69) is 5.06 Å². The van der Waals surface area contributed by atoms with E-state index in [4.69, 9.17) is 4.84 Å². The van der Waals surface area contributed by atoms with E-state index in [9.17, 15) is 0 Å². The maximum atomic E-state index is 5.15. The maximum Gasteiger partial charge on any atom is 0.0575 e. The summed E-state index contributed by atoms with van der Waals surface area (Å²) in [6.45, 7) is 2.33. The fourth-order valence-electron chi connectivity index (χ4n) is 1.87. The SMILES string of the molecule is CON1CC[C@@H](C2CC2)C1.Cl. The molecule has 1 aliphatic heterocycles. The van der Waals surface area contributed by atoms with Crippen LogP contribution in [0.2, 0.25) is 0 Å². The second-order valence-electron chi connectivity index (χ2n) is 3.46. The highest BCUT2D eigenvalue weighted by Crippen LogP contribution is 2.41. The molecule has 0 spiro atoms. The van der Waals surface area contributed by atoms with Crippen molar-refractivity contribution < 1.29 is 4.84 Å². The molecule has 0 aromatic rings. The molecule has 1 aliphatic carbocycles. The van der Waals surface area contributed by atoms with Crippen LogP contribution < -0.4 is 0 Å². The lowest BCUT2D eigenvalue weighted by molar-refractivity contribution is -0.115. The van der Waals surface area contributed by atoms with Gasteiger partial charge < -0.3 is 4.84 Å². The van der Waals surface area contributed by atoms with Crippen molar-refractivity contribution in [2.24, 2.45) is 11.8 Å². The number of nitrogens with zero attached hydrogens (tertiary/aromatic N) is 1. The van der Waals surface area contributed by atoms with Crippen molar-refractivity contribution in [2.45, 2.75) is 19.3 Å².